The number of benzene rings is 1. The monoisotopic (exact) mass is 283 g/mol. The topological polar surface area (TPSA) is 66.4 Å². The lowest BCUT2D eigenvalue weighted by Crippen LogP contribution is -2.33. The van der Waals surface area contributed by atoms with Gasteiger partial charge in [-0.1, -0.05) is 37.6 Å². The summed E-state index contributed by atoms with van der Waals surface area (Å²) in [7, 11) is 0. The van der Waals surface area contributed by atoms with Crippen LogP contribution in [0.5, 0.6) is 0 Å². The Morgan fingerprint density at radius 3 is 2.37 bits per heavy atom. The molecule has 0 aliphatic heterocycles. The van der Waals surface area contributed by atoms with Gasteiger partial charge < -0.3 is 10.4 Å². The van der Waals surface area contributed by atoms with E-state index in [-0.39, 0.29) is 18.2 Å². The normalized spacial score (nSPS) is 13.6. The number of nitrogens with one attached hydrogen (secondary N) is 1. The first-order chi connectivity index (χ1) is 8.93. The van der Waals surface area contributed by atoms with Gasteiger partial charge in [0, 0.05) is 10.9 Å². The predicted molar refractivity (Wildman–Crippen MR) is 74.0 cm³/mol. The average molecular weight is 284 g/mol. The number of carboxylic acids is 1. The quantitative estimate of drug-likeness (QED) is 0.843. The summed E-state index contributed by atoms with van der Waals surface area (Å²) in [5.41, 5.74) is 0.739. The lowest BCUT2D eigenvalue weighted by atomic mass is 10.0. The molecule has 0 aliphatic carbocycles. The summed E-state index contributed by atoms with van der Waals surface area (Å²) in [5, 5.41) is 12.3. The highest BCUT2D eigenvalue weighted by Gasteiger charge is 2.20. The zero-order valence-corrected chi connectivity index (χ0v) is 11.8. The molecule has 19 heavy (non-hydrogen) atoms. The summed E-state index contributed by atoms with van der Waals surface area (Å²) in [5.74, 6) is -1.23. The summed E-state index contributed by atoms with van der Waals surface area (Å²) in [6.07, 6.45) is 0.566. The maximum Gasteiger partial charge on any atom is 0.305 e. The summed E-state index contributed by atoms with van der Waals surface area (Å²) in [6, 6.07) is 6.29. The van der Waals surface area contributed by atoms with E-state index in [1.807, 2.05) is 13.8 Å². The molecule has 0 radical (unpaired) electrons. The molecular formula is C14H18ClNO3. The lowest BCUT2D eigenvalue weighted by Gasteiger charge is -2.19. The second kappa shape index (κ2) is 7.14. The van der Waals surface area contributed by atoms with E-state index < -0.39 is 12.0 Å². The molecule has 1 aromatic carbocycles. The molecule has 4 nitrogen and oxygen atoms in total. The number of hydrogen-bond donors (Lipinski definition) is 2. The Labute approximate surface area is 117 Å². The molecule has 2 atom stereocenters. The smallest absolute Gasteiger partial charge is 0.305 e. The van der Waals surface area contributed by atoms with E-state index in [0.717, 1.165) is 5.56 Å². The summed E-state index contributed by atoms with van der Waals surface area (Å²) in [6.45, 7) is 3.73. The molecule has 0 spiro atoms. The number of carbonyl (C=O) groups is 2. The molecule has 0 saturated heterocycles. The SMILES string of the molecule is CCC(C)C(=O)N[C@@H](CC(=O)O)c1ccc(Cl)cc1. The predicted octanol–water partition coefficient (Wildman–Crippen LogP) is 3.02. The fourth-order valence-electron chi connectivity index (χ4n) is 1.62. The van der Waals surface area contributed by atoms with E-state index in [0.29, 0.717) is 11.4 Å². The Kier molecular flexibility index (Phi) is 5.83. The summed E-state index contributed by atoms with van der Waals surface area (Å²) >= 11 is 5.80. The molecule has 0 heterocycles. The first-order valence-electron chi connectivity index (χ1n) is 6.21. The number of amides is 1. The zero-order chi connectivity index (χ0) is 14.4. The Balaban J connectivity index is 2.85. The van der Waals surface area contributed by atoms with Crippen LogP contribution in [0.3, 0.4) is 0 Å². The summed E-state index contributed by atoms with van der Waals surface area (Å²) < 4.78 is 0. The molecular weight excluding hydrogens is 266 g/mol. The average Bonchev–Trinajstić information content (AvgIpc) is 2.37. The molecule has 0 saturated carbocycles. The summed E-state index contributed by atoms with van der Waals surface area (Å²) in [4.78, 5) is 22.8. The molecule has 2 N–H and O–H groups in total. The number of carbonyl (C=O) groups excluding carboxylic acids is 1. The van der Waals surface area contributed by atoms with Crippen LogP contribution in [0, 0.1) is 5.92 Å². The second-order valence-electron chi connectivity index (χ2n) is 4.52. The highest BCUT2D eigenvalue weighted by molar-refractivity contribution is 6.30. The molecule has 0 fully saturated rings. The number of rotatable bonds is 6. The van der Waals surface area contributed by atoms with Crippen molar-refractivity contribution in [2.24, 2.45) is 5.92 Å². The lowest BCUT2D eigenvalue weighted by molar-refractivity contribution is -0.137. The van der Waals surface area contributed by atoms with Crippen LogP contribution in [0.15, 0.2) is 24.3 Å². The standard InChI is InChI=1S/C14H18ClNO3/c1-3-9(2)14(19)16-12(8-13(17)18)10-4-6-11(15)7-5-10/h4-7,9,12H,3,8H2,1-2H3,(H,16,19)(H,17,18)/t9?,12-/m0/s1. The number of carboxylic acid groups (broad SMARTS) is 1. The van der Waals surface area contributed by atoms with Crippen LogP contribution in [0.1, 0.15) is 38.3 Å². The van der Waals surface area contributed by atoms with E-state index in [1.165, 1.54) is 0 Å². The minimum Gasteiger partial charge on any atom is -0.481 e. The van der Waals surface area contributed by atoms with Gasteiger partial charge in [-0.3, -0.25) is 9.59 Å². The van der Waals surface area contributed by atoms with Crippen LogP contribution in [0.25, 0.3) is 0 Å². The molecule has 1 rings (SSSR count). The van der Waals surface area contributed by atoms with Crippen molar-refractivity contribution in [1.29, 1.82) is 0 Å². The van der Waals surface area contributed by atoms with Gasteiger partial charge in [-0.2, -0.15) is 0 Å². The Morgan fingerprint density at radius 2 is 1.89 bits per heavy atom. The fraction of sp³-hybridized carbons (Fsp3) is 0.429. The van der Waals surface area contributed by atoms with Gasteiger partial charge in [0.15, 0.2) is 0 Å². The van der Waals surface area contributed by atoms with Crippen molar-refractivity contribution in [1.82, 2.24) is 5.32 Å². The first-order valence-corrected chi connectivity index (χ1v) is 6.59. The van der Waals surface area contributed by atoms with Gasteiger partial charge in [-0.15, -0.1) is 0 Å². The van der Waals surface area contributed by atoms with Crippen molar-refractivity contribution in [3.05, 3.63) is 34.9 Å². The first kappa shape index (κ1) is 15.5. The van der Waals surface area contributed by atoms with Crippen molar-refractivity contribution in [2.45, 2.75) is 32.7 Å². The van der Waals surface area contributed by atoms with Crippen LogP contribution < -0.4 is 5.32 Å². The third-order valence-electron chi connectivity index (χ3n) is 3.03. The maximum absolute atomic E-state index is 11.9. The van der Waals surface area contributed by atoms with Crippen LogP contribution in [-0.2, 0) is 9.59 Å². The van der Waals surface area contributed by atoms with Crippen LogP contribution in [0.2, 0.25) is 5.02 Å². The van der Waals surface area contributed by atoms with Gasteiger partial charge in [-0.05, 0) is 24.1 Å². The van der Waals surface area contributed by atoms with E-state index in [4.69, 9.17) is 16.7 Å². The van der Waals surface area contributed by atoms with E-state index in [2.05, 4.69) is 5.32 Å². The molecule has 5 heteroatoms. The van der Waals surface area contributed by atoms with Crippen LogP contribution in [-0.4, -0.2) is 17.0 Å². The molecule has 0 aliphatic rings. The fourth-order valence-corrected chi connectivity index (χ4v) is 1.75. The molecule has 0 bridgehead atoms. The van der Waals surface area contributed by atoms with Crippen molar-refractivity contribution in [2.75, 3.05) is 0 Å². The number of hydrogen-bond acceptors (Lipinski definition) is 2. The van der Waals surface area contributed by atoms with E-state index >= 15 is 0 Å². The zero-order valence-electron chi connectivity index (χ0n) is 11.0. The van der Waals surface area contributed by atoms with Crippen LogP contribution in [0.4, 0.5) is 0 Å². The van der Waals surface area contributed by atoms with Crippen molar-refractivity contribution >= 4 is 23.5 Å². The van der Waals surface area contributed by atoms with Gasteiger partial charge in [0.05, 0.1) is 12.5 Å². The third kappa shape index (κ3) is 4.91. The molecule has 1 amide bonds. The van der Waals surface area contributed by atoms with Gasteiger partial charge in [0.1, 0.15) is 0 Å². The number of halogens is 1. The van der Waals surface area contributed by atoms with Gasteiger partial charge in [0.2, 0.25) is 5.91 Å². The highest BCUT2D eigenvalue weighted by atomic mass is 35.5. The van der Waals surface area contributed by atoms with Crippen molar-refractivity contribution in [3.63, 3.8) is 0 Å². The molecule has 1 unspecified atom stereocenters. The van der Waals surface area contributed by atoms with E-state index in [9.17, 15) is 9.59 Å². The van der Waals surface area contributed by atoms with Crippen molar-refractivity contribution < 1.29 is 14.7 Å². The van der Waals surface area contributed by atoms with Gasteiger partial charge in [-0.25, -0.2) is 0 Å². The maximum atomic E-state index is 11.9. The number of aliphatic carboxylic acids is 1. The van der Waals surface area contributed by atoms with E-state index in [1.54, 1.807) is 24.3 Å². The van der Waals surface area contributed by atoms with Gasteiger partial charge >= 0.3 is 5.97 Å². The minimum atomic E-state index is -0.954. The molecule has 0 aromatic heterocycles. The van der Waals surface area contributed by atoms with Gasteiger partial charge in [0.25, 0.3) is 0 Å². The molecule has 1 aromatic rings. The van der Waals surface area contributed by atoms with Crippen molar-refractivity contribution in [3.8, 4) is 0 Å². The Morgan fingerprint density at radius 1 is 1.32 bits per heavy atom. The highest BCUT2D eigenvalue weighted by Crippen LogP contribution is 2.20. The Hall–Kier alpha value is -1.55. The third-order valence-corrected chi connectivity index (χ3v) is 3.28. The second-order valence-corrected chi connectivity index (χ2v) is 4.96. The minimum absolute atomic E-state index is 0.135. The van der Waals surface area contributed by atoms with Crippen LogP contribution >= 0.6 is 11.6 Å². The largest absolute Gasteiger partial charge is 0.481 e. The molecule has 104 valence electrons. The Bertz CT molecular complexity index is 445.